The van der Waals surface area contributed by atoms with Crippen molar-refractivity contribution in [3.8, 4) is 0 Å². The van der Waals surface area contributed by atoms with Crippen molar-refractivity contribution in [2.45, 2.75) is 25.8 Å². The molecule has 0 fully saturated rings. The number of aromatic amines is 1. The van der Waals surface area contributed by atoms with E-state index in [0.717, 1.165) is 10.9 Å². The number of H-pyrrole nitrogens is 1. The van der Waals surface area contributed by atoms with Crippen LogP contribution in [0.25, 0.3) is 10.9 Å². The highest BCUT2D eigenvalue weighted by Crippen LogP contribution is 2.19. The highest BCUT2D eigenvalue weighted by atomic mass is 16.3. The van der Waals surface area contributed by atoms with E-state index in [4.69, 9.17) is 5.73 Å². The molecule has 5 heteroatoms. The summed E-state index contributed by atoms with van der Waals surface area (Å²) < 4.78 is 0. The van der Waals surface area contributed by atoms with Gasteiger partial charge >= 0.3 is 0 Å². The topological polar surface area (TPSA) is 91.1 Å². The predicted octanol–water partition coefficient (Wildman–Crippen LogP) is 1.64. The highest BCUT2D eigenvalue weighted by Gasteiger charge is 2.24. The molecule has 1 heterocycles. The van der Waals surface area contributed by atoms with E-state index in [1.165, 1.54) is 0 Å². The first kappa shape index (κ1) is 13.4. The van der Waals surface area contributed by atoms with Crippen molar-refractivity contribution in [3.05, 3.63) is 30.0 Å². The Balaban J connectivity index is 2.27. The van der Waals surface area contributed by atoms with Gasteiger partial charge in [0.05, 0.1) is 12.1 Å². The average molecular weight is 261 g/mol. The second-order valence-electron chi connectivity index (χ2n) is 5.06. The number of rotatable bonds is 4. The second-order valence-corrected chi connectivity index (χ2v) is 5.06. The molecule has 19 heavy (non-hydrogen) atoms. The number of carbonyl (C=O) groups is 1. The Morgan fingerprint density at radius 2 is 2.21 bits per heavy atom. The molecule has 0 spiro atoms. The molecule has 2 rings (SSSR count). The Kier molecular flexibility index (Phi) is 3.48. The molecular weight excluding hydrogens is 242 g/mol. The number of aliphatic hydroxyl groups excluding tert-OH is 1. The van der Waals surface area contributed by atoms with Gasteiger partial charge in [-0.1, -0.05) is 6.92 Å². The van der Waals surface area contributed by atoms with Crippen molar-refractivity contribution < 1.29 is 9.90 Å². The molecule has 1 unspecified atom stereocenters. The van der Waals surface area contributed by atoms with Gasteiger partial charge in [0, 0.05) is 16.6 Å². The van der Waals surface area contributed by atoms with Gasteiger partial charge in [0.2, 0.25) is 0 Å². The first-order valence-electron chi connectivity index (χ1n) is 6.29. The molecule has 0 aliphatic rings. The number of nitrogens with one attached hydrogen (secondary N) is 2. The third-order valence-electron chi connectivity index (χ3n) is 3.43. The predicted molar refractivity (Wildman–Crippen MR) is 76.0 cm³/mol. The van der Waals surface area contributed by atoms with Crippen molar-refractivity contribution in [3.63, 3.8) is 0 Å². The lowest BCUT2D eigenvalue weighted by Crippen LogP contribution is -2.48. The van der Waals surface area contributed by atoms with Crippen LogP contribution < -0.4 is 11.1 Å². The number of benzene rings is 1. The zero-order chi connectivity index (χ0) is 14.0. The molecule has 0 saturated heterocycles. The van der Waals surface area contributed by atoms with Gasteiger partial charge in [-0.15, -0.1) is 0 Å². The minimum Gasteiger partial charge on any atom is -0.399 e. The number of hydrogen-bond acceptors (Lipinski definition) is 3. The lowest BCUT2D eigenvalue weighted by Gasteiger charge is -2.26. The Morgan fingerprint density at radius 1 is 1.47 bits per heavy atom. The molecule has 5 N–H and O–H groups in total. The number of nitrogens with two attached hydrogens (primary N) is 1. The molecule has 0 radical (unpaired) electrons. The van der Waals surface area contributed by atoms with Gasteiger partial charge < -0.3 is 21.1 Å². The summed E-state index contributed by atoms with van der Waals surface area (Å²) in [6, 6.07) is 7.19. The van der Waals surface area contributed by atoms with E-state index in [1.54, 1.807) is 12.1 Å². The van der Waals surface area contributed by atoms with Gasteiger partial charge in [0.15, 0.2) is 0 Å². The minimum absolute atomic E-state index is 0.0948. The van der Waals surface area contributed by atoms with Gasteiger partial charge in [-0.05, 0) is 37.6 Å². The van der Waals surface area contributed by atoms with E-state index in [1.807, 2.05) is 26.0 Å². The van der Waals surface area contributed by atoms with E-state index < -0.39 is 5.54 Å². The van der Waals surface area contributed by atoms with E-state index >= 15 is 0 Å². The van der Waals surface area contributed by atoms with E-state index in [2.05, 4.69) is 10.3 Å². The molecule has 2 aromatic rings. The van der Waals surface area contributed by atoms with E-state index in [0.29, 0.717) is 17.8 Å². The summed E-state index contributed by atoms with van der Waals surface area (Å²) in [7, 11) is 0. The molecule has 1 amide bonds. The fourth-order valence-corrected chi connectivity index (χ4v) is 1.85. The molecular formula is C14H19N3O2. The molecule has 1 atom stereocenters. The zero-order valence-corrected chi connectivity index (χ0v) is 11.2. The van der Waals surface area contributed by atoms with Gasteiger partial charge in [-0.3, -0.25) is 4.79 Å². The third kappa shape index (κ3) is 2.71. The molecule has 1 aromatic carbocycles. The number of anilines is 1. The summed E-state index contributed by atoms with van der Waals surface area (Å²) in [5.74, 6) is -0.229. The summed E-state index contributed by atoms with van der Waals surface area (Å²) >= 11 is 0. The van der Waals surface area contributed by atoms with Gasteiger partial charge in [0.25, 0.3) is 5.91 Å². The molecule has 102 valence electrons. The second kappa shape index (κ2) is 4.93. The molecule has 1 aromatic heterocycles. The SMILES string of the molecule is CCC(C)(CO)NC(=O)c1cc2cc(N)ccc2[nH]1. The van der Waals surface area contributed by atoms with Crippen LogP contribution in [0.15, 0.2) is 24.3 Å². The van der Waals surface area contributed by atoms with Crippen LogP contribution in [-0.2, 0) is 0 Å². The Bertz CT molecular complexity index is 600. The maximum absolute atomic E-state index is 12.1. The maximum Gasteiger partial charge on any atom is 0.268 e. The number of aliphatic hydroxyl groups is 1. The highest BCUT2D eigenvalue weighted by molar-refractivity contribution is 5.98. The third-order valence-corrected chi connectivity index (χ3v) is 3.43. The minimum atomic E-state index is -0.604. The lowest BCUT2D eigenvalue weighted by atomic mass is 10.0. The first-order valence-corrected chi connectivity index (χ1v) is 6.29. The standard InChI is InChI=1S/C14H19N3O2/c1-3-14(2,8-18)17-13(19)12-7-9-6-10(15)4-5-11(9)16-12/h4-7,16,18H,3,8,15H2,1-2H3,(H,17,19). The normalized spacial score (nSPS) is 14.3. The van der Waals surface area contributed by atoms with Crippen molar-refractivity contribution in [1.29, 1.82) is 0 Å². The van der Waals surface area contributed by atoms with Crippen LogP contribution >= 0.6 is 0 Å². The molecule has 5 nitrogen and oxygen atoms in total. The van der Waals surface area contributed by atoms with Crippen LogP contribution in [0.1, 0.15) is 30.8 Å². The number of aromatic nitrogens is 1. The quantitative estimate of drug-likeness (QED) is 0.630. The van der Waals surface area contributed by atoms with Crippen molar-refractivity contribution in [2.75, 3.05) is 12.3 Å². The van der Waals surface area contributed by atoms with Crippen LogP contribution in [0, 0.1) is 0 Å². The van der Waals surface area contributed by atoms with Crippen LogP contribution in [-0.4, -0.2) is 28.1 Å². The summed E-state index contributed by atoms with van der Waals surface area (Å²) in [5.41, 5.74) is 7.09. The van der Waals surface area contributed by atoms with Crippen molar-refractivity contribution in [2.24, 2.45) is 0 Å². The number of fused-ring (bicyclic) bond motifs is 1. The number of nitrogen functional groups attached to an aromatic ring is 1. The van der Waals surface area contributed by atoms with E-state index in [-0.39, 0.29) is 12.5 Å². The summed E-state index contributed by atoms with van der Waals surface area (Å²) in [4.78, 5) is 15.2. The molecule has 0 aliphatic carbocycles. The summed E-state index contributed by atoms with van der Waals surface area (Å²) in [5, 5.41) is 13.0. The maximum atomic E-state index is 12.1. The van der Waals surface area contributed by atoms with E-state index in [9.17, 15) is 9.90 Å². The van der Waals surface area contributed by atoms with Crippen molar-refractivity contribution in [1.82, 2.24) is 10.3 Å². The van der Waals surface area contributed by atoms with Gasteiger partial charge in [0.1, 0.15) is 5.69 Å². The van der Waals surface area contributed by atoms with Gasteiger partial charge in [-0.25, -0.2) is 0 Å². The lowest BCUT2D eigenvalue weighted by molar-refractivity contribution is 0.0843. The Hall–Kier alpha value is -2.01. The van der Waals surface area contributed by atoms with Gasteiger partial charge in [-0.2, -0.15) is 0 Å². The Labute approximate surface area is 111 Å². The fourth-order valence-electron chi connectivity index (χ4n) is 1.85. The van der Waals surface area contributed by atoms with Crippen molar-refractivity contribution >= 4 is 22.5 Å². The Morgan fingerprint density at radius 3 is 2.84 bits per heavy atom. The fraction of sp³-hybridized carbons (Fsp3) is 0.357. The number of carbonyl (C=O) groups excluding carboxylic acids is 1. The zero-order valence-electron chi connectivity index (χ0n) is 11.2. The number of amides is 1. The van der Waals surface area contributed by atoms with Crippen LogP contribution in [0.3, 0.4) is 0 Å². The molecule has 0 saturated carbocycles. The first-order chi connectivity index (χ1) is 8.97. The number of hydrogen-bond donors (Lipinski definition) is 4. The van der Waals surface area contributed by atoms with Crippen LogP contribution in [0.2, 0.25) is 0 Å². The largest absolute Gasteiger partial charge is 0.399 e. The van der Waals surface area contributed by atoms with Crippen LogP contribution in [0.4, 0.5) is 5.69 Å². The molecule has 0 bridgehead atoms. The summed E-state index contributed by atoms with van der Waals surface area (Å²) in [6.07, 6.45) is 0.655. The van der Waals surface area contributed by atoms with Crippen LogP contribution in [0.5, 0.6) is 0 Å². The summed E-state index contributed by atoms with van der Waals surface area (Å²) in [6.45, 7) is 3.64. The average Bonchev–Trinajstić information content (AvgIpc) is 2.81. The monoisotopic (exact) mass is 261 g/mol. The smallest absolute Gasteiger partial charge is 0.268 e. The molecule has 0 aliphatic heterocycles.